The van der Waals surface area contributed by atoms with Crippen molar-refractivity contribution in [2.75, 3.05) is 39.1 Å². The van der Waals surface area contributed by atoms with Crippen molar-refractivity contribution in [3.63, 3.8) is 0 Å². The first-order valence-electron chi connectivity index (χ1n) is 7.78. The highest BCUT2D eigenvalue weighted by Gasteiger charge is 2.18. The van der Waals surface area contributed by atoms with Gasteiger partial charge in [-0.2, -0.15) is 9.78 Å². The van der Waals surface area contributed by atoms with E-state index in [2.05, 4.69) is 10.4 Å². The van der Waals surface area contributed by atoms with E-state index in [1.807, 2.05) is 25.1 Å². The van der Waals surface area contributed by atoms with Gasteiger partial charge in [0, 0.05) is 19.2 Å². The van der Waals surface area contributed by atoms with E-state index in [4.69, 9.17) is 4.74 Å². The predicted octanol–water partition coefficient (Wildman–Crippen LogP) is 1.38. The molecule has 7 heteroatoms. The third-order valence-electron chi connectivity index (χ3n) is 3.28. The molecule has 0 aliphatic rings. The highest BCUT2D eigenvalue weighted by molar-refractivity contribution is 5.93. The number of aromatic nitrogens is 2. The summed E-state index contributed by atoms with van der Waals surface area (Å²) >= 11 is 0. The molecule has 0 atom stereocenters. The number of hydrogen-bond donors (Lipinski definition) is 1. The van der Waals surface area contributed by atoms with Gasteiger partial charge < -0.3 is 15.0 Å². The molecular weight excluding hydrogens is 308 g/mol. The molecule has 2 aromatic rings. The second-order valence-corrected chi connectivity index (χ2v) is 5.44. The average Bonchev–Trinajstić information content (AvgIpc) is 2.55. The summed E-state index contributed by atoms with van der Waals surface area (Å²) in [6.45, 7) is 3.30. The van der Waals surface area contributed by atoms with Crippen LogP contribution in [0, 0.1) is 0 Å². The van der Waals surface area contributed by atoms with Crippen LogP contribution in [0.15, 0.2) is 41.2 Å². The summed E-state index contributed by atoms with van der Waals surface area (Å²) < 4.78 is 6.26. The SMILES string of the molecule is CCOC(=O)c1nn(-c2ccccc2)c(=O)cc1NCCN(C)C. The van der Waals surface area contributed by atoms with Gasteiger partial charge in [-0.25, -0.2) is 4.79 Å². The number of rotatable bonds is 7. The average molecular weight is 330 g/mol. The Morgan fingerprint density at radius 1 is 1.29 bits per heavy atom. The summed E-state index contributed by atoms with van der Waals surface area (Å²) in [4.78, 5) is 26.6. The Hall–Kier alpha value is -2.67. The summed E-state index contributed by atoms with van der Waals surface area (Å²) in [5.74, 6) is -0.561. The second kappa shape index (κ2) is 8.26. The maximum absolute atomic E-state index is 12.4. The fourth-order valence-corrected chi connectivity index (χ4v) is 2.11. The summed E-state index contributed by atoms with van der Waals surface area (Å²) in [6, 6.07) is 10.3. The van der Waals surface area contributed by atoms with Gasteiger partial charge in [-0.3, -0.25) is 4.79 Å². The number of carbonyl (C=O) groups excluding carboxylic acids is 1. The van der Waals surface area contributed by atoms with Gasteiger partial charge in [-0.15, -0.1) is 0 Å². The van der Waals surface area contributed by atoms with Gasteiger partial charge in [0.2, 0.25) is 0 Å². The fraction of sp³-hybridized carbons (Fsp3) is 0.353. The minimum absolute atomic E-state index is 0.0964. The highest BCUT2D eigenvalue weighted by atomic mass is 16.5. The van der Waals surface area contributed by atoms with Crippen LogP contribution in [0.3, 0.4) is 0 Å². The molecule has 1 heterocycles. The van der Waals surface area contributed by atoms with Crippen LogP contribution in [0.4, 0.5) is 5.69 Å². The standard InChI is InChI=1S/C17H22N4O3/c1-4-24-17(23)16-14(18-10-11-20(2)3)12-15(22)21(19-16)13-8-6-5-7-9-13/h5-9,12,18H,4,10-11H2,1-3H3. The summed E-state index contributed by atoms with van der Waals surface area (Å²) in [7, 11) is 3.89. The van der Waals surface area contributed by atoms with Crippen LogP contribution in [-0.4, -0.2) is 54.4 Å². The number of nitrogens with one attached hydrogen (secondary N) is 1. The Morgan fingerprint density at radius 2 is 2.00 bits per heavy atom. The summed E-state index contributed by atoms with van der Waals surface area (Å²) in [5, 5.41) is 7.30. The molecule has 0 spiro atoms. The molecule has 2 rings (SSSR count). The van der Waals surface area contributed by atoms with E-state index in [9.17, 15) is 9.59 Å². The van der Waals surface area contributed by atoms with Crippen LogP contribution >= 0.6 is 0 Å². The maximum atomic E-state index is 12.4. The lowest BCUT2D eigenvalue weighted by atomic mass is 10.3. The van der Waals surface area contributed by atoms with E-state index < -0.39 is 5.97 Å². The van der Waals surface area contributed by atoms with Crippen molar-refractivity contribution >= 4 is 11.7 Å². The molecule has 0 saturated carbocycles. The van der Waals surface area contributed by atoms with Crippen LogP contribution in [0.2, 0.25) is 0 Å². The van der Waals surface area contributed by atoms with Crippen molar-refractivity contribution in [1.82, 2.24) is 14.7 Å². The third kappa shape index (κ3) is 4.42. The van der Waals surface area contributed by atoms with Gasteiger partial charge in [-0.1, -0.05) is 18.2 Å². The minimum atomic E-state index is -0.561. The Bertz CT molecular complexity index is 741. The van der Waals surface area contributed by atoms with E-state index in [1.165, 1.54) is 10.7 Å². The molecule has 0 fully saturated rings. The Labute approximate surface area is 140 Å². The number of likely N-dealkylation sites (N-methyl/N-ethyl adjacent to an activating group) is 1. The first kappa shape index (κ1) is 17.7. The lowest BCUT2D eigenvalue weighted by molar-refractivity contribution is 0.0518. The van der Waals surface area contributed by atoms with Crippen LogP contribution in [0.5, 0.6) is 0 Å². The Morgan fingerprint density at radius 3 is 2.62 bits per heavy atom. The van der Waals surface area contributed by atoms with E-state index in [-0.39, 0.29) is 17.9 Å². The molecule has 1 aromatic carbocycles. The summed E-state index contributed by atoms with van der Waals surface area (Å²) in [5.41, 5.74) is 0.751. The maximum Gasteiger partial charge on any atom is 0.360 e. The van der Waals surface area contributed by atoms with Gasteiger partial charge in [0.05, 0.1) is 18.0 Å². The quantitative estimate of drug-likeness (QED) is 0.773. The second-order valence-electron chi connectivity index (χ2n) is 5.44. The largest absolute Gasteiger partial charge is 0.461 e. The molecule has 0 radical (unpaired) electrons. The number of benzene rings is 1. The predicted molar refractivity (Wildman–Crippen MR) is 92.8 cm³/mol. The van der Waals surface area contributed by atoms with Crippen molar-refractivity contribution in [2.24, 2.45) is 0 Å². The van der Waals surface area contributed by atoms with Crippen molar-refractivity contribution in [3.8, 4) is 5.69 Å². The zero-order valence-corrected chi connectivity index (χ0v) is 14.2. The molecule has 0 unspecified atom stereocenters. The topological polar surface area (TPSA) is 76.5 Å². The molecule has 24 heavy (non-hydrogen) atoms. The van der Waals surface area contributed by atoms with E-state index in [1.54, 1.807) is 31.2 Å². The zero-order chi connectivity index (χ0) is 17.5. The third-order valence-corrected chi connectivity index (χ3v) is 3.28. The van der Waals surface area contributed by atoms with E-state index >= 15 is 0 Å². The van der Waals surface area contributed by atoms with Crippen molar-refractivity contribution in [2.45, 2.75) is 6.92 Å². The molecule has 0 aliphatic heterocycles. The van der Waals surface area contributed by atoms with Gasteiger partial charge in [-0.05, 0) is 33.2 Å². The molecule has 1 aromatic heterocycles. The van der Waals surface area contributed by atoms with Gasteiger partial charge in [0.1, 0.15) is 0 Å². The van der Waals surface area contributed by atoms with Crippen LogP contribution in [-0.2, 0) is 4.74 Å². The molecule has 128 valence electrons. The highest BCUT2D eigenvalue weighted by Crippen LogP contribution is 2.13. The number of hydrogen-bond acceptors (Lipinski definition) is 6. The van der Waals surface area contributed by atoms with E-state index in [0.717, 1.165) is 6.54 Å². The zero-order valence-electron chi connectivity index (χ0n) is 14.2. The number of anilines is 1. The number of para-hydroxylation sites is 1. The lowest BCUT2D eigenvalue weighted by Gasteiger charge is -2.14. The Balaban J connectivity index is 2.41. The van der Waals surface area contributed by atoms with Crippen molar-refractivity contribution < 1.29 is 9.53 Å². The smallest absolute Gasteiger partial charge is 0.360 e. The molecule has 7 nitrogen and oxygen atoms in total. The molecule has 0 bridgehead atoms. The van der Waals surface area contributed by atoms with Crippen molar-refractivity contribution in [3.05, 3.63) is 52.4 Å². The molecular formula is C17H22N4O3. The minimum Gasteiger partial charge on any atom is -0.461 e. The van der Waals surface area contributed by atoms with Crippen LogP contribution in [0.25, 0.3) is 5.69 Å². The summed E-state index contributed by atoms with van der Waals surface area (Å²) in [6.07, 6.45) is 0. The number of ether oxygens (including phenoxy) is 1. The molecule has 0 aliphatic carbocycles. The monoisotopic (exact) mass is 330 g/mol. The number of nitrogens with zero attached hydrogens (tertiary/aromatic N) is 3. The fourth-order valence-electron chi connectivity index (χ4n) is 2.11. The lowest BCUT2D eigenvalue weighted by Crippen LogP contribution is -2.27. The number of carbonyl (C=O) groups is 1. The van der Waals surface area contributed by atoms with Gasteiger partial charge in [0.25, 0.3) is 5.56 Å². The number of esters is 1. The van der Waals surface area contributed by atoms with Gasteiger partial charge >= 0.3 is 5.97 Å². The van der Waals surface area contributed by atoms with Crippen molar-refractivity contribution in [1.29, 1.82) is 0 Å². The first-order chi connectivity index (χ1) is 11.5. The van der Waals surface area contributed by atoms with Gasteiger partial charge in [0.15, 0.2) is 5.69 Å². The van der Waals surface area contributed by atoms with Crippen LogP contribution in [0.1, 0.15) is 17.4 Å². The first-order valence-corrected chi connectivity index (χ1v) is 7.78. The normalized spacial score (nSPS) is 10.7. The molecule has 0 amide bonds. The van der Waals surface area contributed by atoms with Crippen LogP contribution < -0.4 is 10.9 Å². The Kier molecular flexibility index (Phi) is 6.08. The molecule has 1 N–H and O–H groups in total. The molecule has 0 saturated heterocycles. The van der Waals surface area contributed by atoms with E-state index in [0.29, 0.717) is 17.9 Å².